The second-order valence-corrected chi connectivity index (χ2v) is 4.49. The Hall–Kier alpha value is -1.48. The van der Waals surface area contributed by atoms with Gasteiger partial charge in [0.1, 0.15) is 5.69 Å². The van der Waals surface area contributed by atoms with E-state index < -0.39 is 0 Å². The quantitative estimate of drug-likeness (QED) is 0.753. The molecule has 82 valence electrons. The first-order valence-corrected chi connectivity index (χ1v) is 6.09. The van der Waals surface area contributed by atoms with Crippen molar-refractivity contribution in [1.29, 1.82) is 0 Å². The van der Waals surface area contributed by atoms with E-state index in [1.807, 2.05) is 23.6 Å². The summed E-state index contributed by atoms with van der Waals surface area (Å²) < 4.78 is 4.06. The molecular formula is C13H13NOS. The molecule has 0 N–H and O–H groups in total. The van der Waals surface area contributed by atoms with Crippen LogP contribution in [0.25, 0.3) is 0 Å². The highest BCUT2D eigenvalue weighted by Gasteiger charge is 2.13. The first kappa shape index (κ1) is 11.0. The zero-order valence-corrected chi connectivity index (χ0v) is 9.91. The summed E-state index contributed by atoms with van der Waals surface area (Å²) in [7, 11) is 0. The summed E-state index contributed by atoms with van der Waals surface area (Å²) in [5.74, 6) is 0.369. The molecule has 1 atom stereocenters. The molecule has 0 bridgehead atoms. The Morgan fingerprint density at radius 1 is 1.31 bits per heavy atom. The van der Waals surface area contributed by atoms with Gasteiger partial charge in [-0.25, -0.2) is 0 Å². The normalized spacial score (nSPS) is 12.3. The van der Waals surface area contributed by atoms with Crippen LogP contribution in [-0.4, -0.2) is 10.2 Å². The smallest absolute Gasteiger partial charge is 0.182 e. The van der Waals surface area contributed by atoms with Gasteiger partial charge in [0.25, 0.3) is 0 Å². The van der Waals surface area contributed by atoms with Gasteiger partial charge in [-0.15, -0.1) is 0 Å². The standard InChI is InChI=1S/C13H13NOS/c1-10(11-5-3-2-4-6-11)9-13(15)12-7-8-16-14-12/h2-8,10H,9H2,1H3. The number of hydrogen-bond acceptors (Lipinski definition) is 3. The van der Waals surface area contributed by atoms with Crippen LogP contribution in [0.2, 0.25) is 0 Å². The van der Waals surface area contributed by atoms with Crippen LogP contribution in [0.1, 0.15) is 35.3 Å². The highest BCUT2D eigenvalue weighted by atomic mass is 32.1. The lowest BCUT2D eigenvalue weighted by molar-refractivity contribution is 0.0972. The molecule has 0 saturated heterocycles. The van der Waals surface area contributed by atoms with Crippen LogP contribution in [-0.2, 0) is 0 Å². The number of carbonyl (C=O) groups is 1. The number of benzene rings is 1. The largest absolute Gasteiger partial charge is 0.292 e. The number of Topliss-reactive ketones (excluding diaryl/α,β-unsaturated/α-hetero) is 1. The number of carbonyl (C=O) groups excluding carboxylic acids is 1. The van der Waals surface area contributed by atoms with Gasteiger partial charge in [-0.1, -0.05) is 37.3 Å². The number of hydrogen-bond donors (Lipinski definition) is 0. The molecule has 0 fully saturated rings. The zero-order valence-electron chi connectivity index (χ0n) is 9.09. The van der Waals surface area contributed by atoms with Gasteiger partial charge in [-0.3, -0.25) is 4.79 Å². The summed E-state index contributed by atoms with van der Waals surface area (Å²) in [5, 5.41) is 1.83. The van der Waals surface area contributed by atoms with Crippen LogP contribution in [0.3, 0.4) is 0 Å². The molecule has 0 saturated carbocycles. The van der Waals surface area contributed by atoms with Crippen LogP contribution in [0.4, 0.5) is 0 Å². The molecule has 0 aliphatic rings. The third kappa shape index (κ3) is 2.55. The van der Waals surface area contributed by atoms with Gasteiger partial charge in [0.2, 0.25) is 0 Å². The molecule has 16 heavy (non-hydrogen) atoms. The average Bonchev–Trinajstić information content (AvgIpc) is 2.83. The monoisotopic (exact) mass is 231 g/mol. The van der Waals surface area contributed by atoms with Crippen molar-refractivity contribution >= 4 is 17.3 Å². The third-order valence-corrected chi connectivity index (χ3v) is 3.14. The lowest BCUT2D eigenvalue weighted by Gasteiger charge is -2.09. The third-order valence-electron chi connectivity index (χ3n) is 2.58. The Balaban J connectivity index is 2.03. The Morgan fingerprint density at radius 3 is 2.69 bits per heavy atom. The van der Waals surface area contributed by atoms with Crippen molar-refractivity contribution in [3.05, 3.63) is 53.0 Å². The molecule has 0 spiro atoms. The van der Waals surface area contributed by atoms with Gasteiger partial charge in [0.05, 0.1) is 0 Å². The van der Waals surface area contributed by atoms with Crippen LogP contribution in [0, 0.1) is 0 Å². The molecule has 0 aliphatic carbocycles. The van der Waals surface area contributed by atoms with Crippen LogP contribution in [0.5, 0.6) is 0 Å². The molecule has 1 heterocycles. The van der Waals surface area contributed by atoms with E-state index in [-0.39, 0.29) is 11.7 Å². The highest BCUT2D eigenvalue weighted by molar-refractivity contribution is 7.03. The van der Waals surface area contributed by atoms with Crippen LogP contribution >= 0.6 is 11.5 Å². The van der Waals surface area contributed by atoms with Gasteiger partial charge >= 0.3 is 0 Å². The van der Waals surface area contributed by atoms with Crippen molar-refractivity contribution in [3.8, 4) is 0 Å². The van der Waals surface area contributed by atoms with E-state index in [1.54, 1.807) is 6.07 Å². The minimum atomic E-state index is 0.123. The topological polar surface area (TPSA) is 30.0 Å². The van der Waals surface area contributed by atoms with Crippen molar-refractivity contribution in [2.45, 2.75) is 19.3 Å². The van der Waals surface area contributed by atoms with Crippen molar-refractivity contribution in [1.82, 2.24) is 4.37 Å². The van der Waals surface area contributed by atoms with Gasteiger partial charge in [-0.2, -0.15) is 4.37 Å². The van der Waals surface area contributed by atoms with E-state index in [2.05, 4.69) is 23.4 Å². The highest BCUT2D eigenvalue weighted by Crippen LogP contribution is 2.20. The predicted molar refractivity (Wildman–Crippen MR) is 65.9 cm³/mol. The lowest BCUT2D eigenvalue weighted by Crippen LogP contribution is -2.05. The number of aromatic nitrogens is 1. The predicted octanol–water partition coefficient (Wildman–Crippen LogP) is 3.52. The molecule has 2 aromatic rings. The summed E-state index contributed by atoms with van der Waals surface area (Å²) in [6.45, 7) is 2.07. The van der Waals surface area contributed by atoms with E-state index >= 15 is 0 Å². The van der Waals surface area contributed by atoms with Gasteiger partial charge in [0.15, 0.2) is 5.78 Å². The van der Waals surface area contributed by atoms with Crippen molar-refractivity contribution in [3.63, 3.8) is 0 Å². The van der Waals surface area contributed by atoms with Crippen molar-refractivity contribution < 1.29 is 4.79 Å². The molecule has 1 unspecified atom stereocenters. The minimum absolute atomic E-state index is 0.123. The maximum Gasteiger partial charge on any atom is 0.182 e. The summed E-state index contributed by atoms with van der Waals surface area (Å²) in [6.07, 6.45) is 0.522. The van der Waals surface area contributed by atoms with Gasteiger partial charge in [-0.05, 0) is 29.1 Å². The summed E-state index contributed by atoms with van der Waals surface area (Å²) >= 11 is 1.32. The maximum absolute atomic E-state index is 11.8. The molecule has 3 heteroatoms. The number of rotatable bonds is 4. The van der Waals surface area contributed by atoms with E-state index in [0.717, 1.165) is 0 Å². The van der Waals surface area contributed by atoms with Crippen LogP contribution in [0.15, 0.2) is 41.8 Å². The minimum Gasteiger partial charge on any atom is -0.292 e. The molecule has 2 nitrogen and oxygen atoms in total. The summed E-state index contributed by atoms with van der Waals surface area (Å²) in [5.41, 5.74) is 1.79. The first-order valence-electron chi connectivity index (χ1n) is 5.26. The Morgan fingerprint density at radius 2 is 2.06 bits per heavy atom. The van der Waals surface area contributed by atoms with E-state index in [4.69, 9.17) is 0 Å². The van der Waals surface area contributed by atoms with E-state index in [0.29, 0.717) is 12.1 Å². The Bertz CT molecular complexity index is 450. The zero-order chi connectivity index (χ0) is 11.4. The number of ketones is 1. The molecular weight excluding hydrogens is 218 g/mol. The fourth-order valence-electron chi connectivity index (χ4n) is 1.64. The summed E-state index contributed by atoms with van der Waals surface area (Å²) in [4.78, 5) is 11.8. The van der Waals surface area contributed by atoms with Crippen molar-refractivity contribution in [2.24, 2.45) is 0 Å². The molecule has 0 radical (unpaired) electrons. The summed E-state index contributed by atoms with van der Waals surface area (Å²) in [6, 6.07) is 11.9. The fourth-order valence-corrected chi connectivity index (χ4v) is 2.17. The first-order chi connectivity index (χ1) is 7.77. The van der Waals surface area contributed by atoms with E-state index in [9.17, 15) is 4.79 Å². The van der Waals surface area contributed by atoms with Gasteiger partial charge in [0, 0.05) is 11.8 Å². The molecule has 2 rings (SSSR count). The average molecular weight is 231 g/mol. The Labute approximate surface area is 99.1 Å². The van der Waals surface area contributed by atoms with E-state index in [1.165, 1.54) is 17.1 Å². The maximum atomic E-state index is 11.8. The number of nitrogens with zero attached hydrogens (tertiary/aromatic N) is 1. The molecule has 1 aromatic heterocycles. The molecule has 0 aliphatic heterocycles. The molecule has 1 aromatic carbocycles. The van der Waals surface area contributed by atoms with Crippen LogP contribution < -0.4 is 0 Å². The fraction of sp³-hybridized carbons (Fsp3) is 0.231. The van der Waals surface area contributed by atoms with Gasteiger partial charge < -0.3 is 0 Å². The SMILES string of the molecule is CC(CC(=O)c1ccsn1)c1ccccc1. The Kier molecular flexibility index (Phi) is 3.47. The molecule has 0 amide bonds. The second-order valence-electron chi connectivity index (χ2n) is 3.82. The lowest BCUT2D eigenvalue weighted by atomic mass is 9.95. The van der Waals surface area contributed by atoms with Crippen molar-refractivity contribution in [2.75, 3.05) is 0 Å². The second kappa shape index (κ2) is 5.03.